The monoisotopic (exact) mass is 650 g/mol. The van der Waals surface area contributed by atoms with Crippen LogP contribution in [0.1, 0.15) is 10.4 Å². The third kappa shape index (κ3) is 8.15. The third-order valence-electron chi connectivity index (χ3n) is 7.45. The second-order valence-corrected chi connectivity index (χ2v) is 13.9. The Hall–Kier alpha value is -4.09. The molecular formula is C29H34N10O4S2. The van der Waals surface area contributed by atoms with Gasteiger partial charge in [0, 0.05) is 86.4 Å². The number of morpholine rings is 1. The van der Waals surface area contributed by atoms with Gasteiger partial charge in [0.15, 0.2) is 11.6 Å². The Morgan fingerprint density at radius 2 is 1.62 bits per heavy atom. The topological polar surface area (TPSA) is 159 Å². The summed E-state index contributed by atoms with van der Waals surface area (Å²) >= 11 is 1.63. The number of piperazine rings is 1. The standard InChI is InChI=1S/C29H34N10O4S2/c1-45(41,42)39-10-8-37(9-11-39)19-24-6-7-25(44-24)27-34-26(35-28(36-27)38-12-14-43-15-13-38)22-2-4-23(5-3-22)33-29(40)32-18-21-16-30-20-31-17-21/h2-7,16-17,20H,8-15,18-19H2,1H3,(H2,32,33,40). The van der Waals surface area contributed by atoms with Crippen LogP contribution < -0.4 is 15.5 Å². The molecule has 3 aromatic heterocycles. The lowest BCUT2D eigenvalue weighted by molar-refractivity contribution is 0.122. The van der Waals surface area contributed by atoms with Crippen LogP contribution in [0.15, 0.2) is 55.1 Å². The van der Waals surface area contributed by atoms with Gasteiger partial charge in [0.25, 0.3) is 0 Å². The van der Waals surface area contributed by atoms with Crippen molar-refractivity contribution in [3.63, 3.8) is 0 Å². The second kappa shape index (κ2) is 13.9. The molecule has 6 rings (SSSR count). The molecule has 0 radical (unpaired) electrons. The average Bonchev–Trinajstić information content (AvgIpc) is 3.53. The fourth-order valence-electron chi connectivity index (χ4n) is 5.01. The number of hydrogen-bond donors (Lipinski definition) is 2. The van der Waals surface area contributed by atoms with Gasteiger partial charge in [-0.1, -0.05) is 0 Å². The predicted octanol–water partition coefficient (Wildman–Crippen LogP) is 2.29. The molecule has 2 amide bonds. The van der Waals surface area contributed by atoms with Crippen molar-refractivity contribution in [2.24, 2.45) is 0 Å². The van der Waals surface area contributed by atoms with Crippen molar-refractivity contribution >= 4 is 39.0 Å². The maximum absolute atomic E-state index is 12.4. The van der Waals surface area contributed by atoms with E-state index in [9.17, 15) is 13.2 Å². The molecule has 5 heterocycles. The Balaban J connectivity index is 1.17. The number of aromatic nitrogens is 5. The minimum absolute atomic E-state index is 0.312. The van der Waals surface area contributed by atoms with E-state index in [0.29, 0.717) is 82.3 Å². The number of nitrogens with zero attached hydrogens (tertiary/aromatic N) is 8. The number of anilines is 2. The molecule has 16 heteroatoms. The summed E-state index contributed by atoms with van der Waals surface area (Å²) < 4.78 is 30.8. The van der Waals surface area contributed by atoms with Gasteiger partial charge in [-0.25, -0.2) is 28.2 Å². The van der Waals surface area contributed by atoms with Crippen LogP contribution in [-0.4, -0.2) is 107 Å². The van der Waals surface area contributed by atoms with E-state index < -0.39 is 10.0 Å². The molecule has 2 aliphatic heterocycles. The van der Waals surface area contributed by atoms with Crippen molar-refractivity contribution < 1.29 is 17.9 Å². The normalized spacial score (nSPS) is 16.4. The van der Waals surface area contributed by atoms with E-state index in [1.54, 1.807) is 23.7 Å². The van der Waals surface area contributed by atoms with Crippen molar-refractivity contribution in [3.8, 4) is 22.1 Å². The highest BCUT2D eigenvalue weighted by Gasteiger charge is 2.24. The fourth-order valence-corrected chi connectivity index (χ4v) is 6.82. The van der Waals surface area contributed by atoms with Crippen LogP contribution in [0.25, 0.3) is 22.1 Å². The summed E-state index contributed by atoms with van der Waals surface area (Å²) in [6, 6.07) is 11.1. The van der Waals surface area contributed by atoms with Gasteiger partial charge in [0.05, 0.1) is 24.3 Å². The summed E-state index contributed by atoms with van der Waals surface area (Å²) in [6.45, 7) is 5.99. The zero-order chi connectivity index (χ0) is 31.2. The number of benzene rings is 1. The van der Waals surface area contributed by atoms with Crippen LogP contribution in [0, 0.1) is 0 Å². The number of ether oxygens (including phenoxy) is 1. The molecule has 4 aromatic rings. The smallest absolute Gasteiger partial charge is 0.319 e. The van der Waals surface area contributed by atoms with Crippen LogP contribution in [0.3, 0.4) is 0 Å². The van der Waals surface area contributed by atoms with Crippen LogP contribution >= 0.6 is 11.3 Å². The summed E-state index contributed by atoms with van der Waals surface area (Å²) in [5, 5.41) is 5.63. The lowest BCUT2D eigenvalue weighted by Crippen LogP contribution is -2.47. The highest BCUT2D eigenvalue weighted by atomic mass is 32.2. The van der Waals surface area contributed by atoms with Crippen LogP contribution in [0.4, 0.5) is 16.4 Å². The van der Waals surface area contributed by atoms with E-state index in [4.69, 9.17) is 19.7 Å². The first kappa shape index (κ1) is 30.9. The van der Waals surface area contributed by atoms with E-state index in [-0.39, 0.29) is 6.03 Å². The van der Waals surface area contributed by atoms with E-state index in [0.717, 1.165) is 27.4 Å². The first-order valence-electron chi connectivity index (χ1n) is 14.5. The minimum atomic E-state index is -3.16. The maximum atomic E-state index is 12.4. The molecular weight excluding hydrogens is 617 g/mol. The number of carbonyl (C=O) groups is 1. The molecule has 0 aliphatic carbocycles. The van der Waals surface area contributed by atoms with Crippen molar-refractivity contribution in [3.05, 3.63) is 65.6 Å². The van der Waals surface area contributed by atoms with E-state index in [1.807, 2.05) is 30.3 Å². The van der Waals surface area contributed by atoms with E-state index in [1.165, 1.54) is 16.9 Å². The lowest BCUT2D eigenvalue weighted by atomic mass is 10.2. The number of nitrogens with one attached hydrogen (secondary N) is 2. The Morgan fingerprint density at radius 1 is 0.911 bits per heavy atom. The Bertz CT molecular complexity index is 1710. The quantitative estimate of drug-likeness (QED) is 0.274. The lowest BCUT2D eigenvalue weighted by Gasteiger charge is -2.32. The number of amides is 2. The van der Waals surface area contributed by atoms with Gasteiger partial charge in [0.2, 0.25) is 16.0 Å². The Labute approximate surface area is 265 Å². The number of urea groups is 1. The molecule has 2 N–H and O–H groups in total. The second-order valence-electron chi connectivity index (χ2n) is 10.7. The number of rotatable bonds is 9. The van der Waals surface area contributed by atoms with Crippen molar-refractivity contribution in [2.75, 3.05) is 69.0 Å². The third-order valence-corrected chi connectivity index (χ3v) is 9.82. The molecule has 0 saturated carbocycles. The van der Waals surface area contributed by atoms with E-state index in [2.05, 4.69) is 36.5 Å². The Morgan fingerprint density at radius 3 is 2.33 bits per heavy atom. The molecule has 1 aromatic carbocycles. The summed E-state index contributed by atoms with van der Waals surface area (Å²) in [7, 11) is -3.16. The SMILES string of the molecule is CS(=O)(=O)N1CCN(Cc2ccc(-c3nc(-c4ccc(NC(=O)NCc5cncnc5)cc4)nc(N4CCOCC4)n3)s2)CC1. The highest BCUT2D eigenvalue weighted by Crippen LogP contribution is 2.30. The van der Waals surface area contributed by atoms with Gasteiger partial charge in [-0.3, -0.25) is 4.90 Å². The van der Waals surface area contributed by atoms with Crippen LogP contribution in [0.2, 0.25) is 0 Å². The molecule has 2 saturated heterocycles. The van der Waals surface area contributed by atoms with Crippen molar-refractivity contribution in [1.82, 2.24) is 39.4 Å². The number of hydrogen-bond acceptors (Lipinski definition) is 12. The maximum Gasteiger partial charge on any atom is 0.319 e. The molecule has 0 spiro atoms. The Kier molecular flexibility index (Phi) is 9.56. The van der Waals surface area contributed by atoms with Gasteiger partial charge in [-0.2, -0.15) is 14.3 Å². The first-order valence-corrected chi connectivity index (χ1v) is 17.2. The number of thiophene rings is 1. The molecule has 2 aliphatic rings. The number of sulfonamides is 1. The van der Waals surface area contributed by atoms with Gasteiger partial charge in [-0.05, 0) is 36.4 Å². The zero-order valence-corrected chi connectivity index (χ0v) is 26.4. The number of carbonyl (C=O) groups excluding carboxylic acids is 1. The molecule has 0 bridgehead atoms. The minimum Gasteiger partial charge on any atom is -0.378 e. The first-order chi connectivity index (χ1) is 21.8. The largest absolute Gasteiger partial charge is 0.378 e. The molecule has 14 nitrogen and oxygen atoms in total. The zero-order valence-electron chi connectivity index (χ0n) is 24.8. The van der Waals surface area contributed by atoms with Crippen molar-refractivity contribution in [2.45, 2.75) is 13.1 Å². The van der Waals surface area contributed by atoms with Gasteiger partial charge < -0.3 is 20.3 Å². The van der Waals surface area contributed by atoms with Crippen LogP contribution in [-0.2, 0) is 27.8 Å². The highest BCUT2D eigenvalue weighted by molar-refractivity contribution is 7.88. The summed E-state index contributed by atoms with van der Waals surface area (Å²) in [6.07, 6.45) is 6.00. The van der Waals surface area contributed by atoms with E-state index >= 15 is 0 Å². The molecule has 0 atom stereocenters. The predicted molar refractivity (Wildman–Crippen MR) is 171 cm³/mol. The summed E-state index contributed by atoms with van der Waals surface area (Å²) in [5.74, 6) is 1.72. The van der Waals surface area contributed by atoms with Gasteiger partial charge >= 0.3 is 6.03 Å². The fraction of sp³-hybridized carbons (Fsp3) is 0.379. The molecule has 236 valence electrons. The molecule has 45 heavy (non-hydrogen) atoms. The average molecular weight is 651 g/mol. The summed E-state index contributed by atoms with van der Waals surface area (Å²) in [4.78, 5) is 41.3. The van der Waals surface area contributed by atoms with Gasteiger partial charge in [-0.15, -0.1) is 11.3 Å². The summed E-state index contributed by atoms with van der Waals surface area (Å²) in [5.41, 5.74) is 2.22. The van der Waals surface area contributed by atoms with Crippen molar-refractivity contribution in [1.29, 1.82) is 0 Å². The molecule has 0 unspecified atom stereocenters. The molecule has 2 fully saturated rings. The van der Waals surface area contributed by atoms with Gasteiger partial charge in [0.1, 0.15) is 6.33 Å². The van der Waals surface area contributed by atoms with Crippen LogP contribution in [0.5, 0.6) is 0 Å².